The van der Waals surface area contributed by atoms with Crippen molar-refractivity contribution < 1.29 is 19.4 Å². The molecule has 0 bridgehead atoms. The molecule has 3 rings (SSSR count). The molecule has 0 aliphatic carbocycles. The molecule has 0 saturated heterocycles. The highest BCUT2D eigenvalue weighted by molar-refractivity contribution is 9.10. The molecular weight excluding hydrogens is 508 g/mol. The lowest BCUT2D eigenvalue weighted by Crippen LogP contribution is -2.17. The minimum atomic E-state index is -0.764. The van der Waals surface area contributed by atoms with E-state index in [0.717, 1.165) is 18.2 Å². The number of nitro benzene ring substituents is 2. The largest absolute Gasteiger partial charge is 0.449 e. The molecule has 0 spiro atoms. The Morgan fingerprint density at radius 3 is 2.44 bits per heavy atom. The third-order valence-corrected chi connectivity index (χ3v) is 4.85. The van der Waals surface area contributed by atoms with Crippen LogP contribution >= 0.6 is 27.5 Å². The Hall–Kier alpha value is -3.83. The summed E-state index contributed by atoms with van der Waals surface area (Å²) in [7, 11) is 0. The Morgan fingerprint density at radius 1 is 1.03 bits per heavy atom. The molecule has 162 valence electrons. The molecule has 0 radical (unpaired) electrons. The highest BCUT2D eigenvalue weighted by Gasteiger charge is 2.21. The second-order valence-corrected chi connectivity index (χ2v) is 7.46. The van der Waals surface area contributed by atoms with Crippen LogP contribution in [0.5, 0.6) is 11.5 Å². The van der Waals surface area contributed by atoms with Gasteiger partial charge in [-0.15, -0.1) is 0 Å². The van der Waals surface area contributed by atoms with Gasteiger partial charge in [0.15, 0.2) is 0 Å². The summed E-state index contributed by atoms with van der Waals surface area (Å²) in [6.45, 7) is 0. The van der Waals surface area contributed by atoms with Crippen LogP contribution in [-0.4, -0.2) is 22.0 Å². The van der Waals surface area contributed by atoms with E-state index in [1.54, 1.807) is 30.3 Å². The van der Waals surface area contributed by atoms with Crippen LogP contribution in [0, 0.1) is 20.2 Å². The second-order valence-electron chi connectivity index (χ2n) is 6.17. The molecule has 0 unspecified atom stereocenters. The molecular formula is C20H12BrClN4O6. The number of nitro groups is 2. The lowest BCUT2D eigenvalue weighted by atomic mass is 10.2. The summed E-state index contributed by atoms with van der Waals surface area (Å²) < 4.78 is 6.01. The number of hydrogen-bond donors (Lipinski definition) is 1. The fourth-order valence-corrected chi connectivity index (χ4v) is 3.17. The van der Waals surface area contributed by atoms with Crippen molar-refractivity contribution in [3.8, 4) is 11.5 Å². The third kappa shape index (κ3) is 5.65. The van der Waals surface area contributed by atoms with E-state index in [0.29, 0.717) is 20.6 Å². The van der Waals surface area contributed by atoms with Crippen LogP contribution in [0.2, 0.25) is 5.02 Å². The SMILES string of the molecule is O=C(N/N=C\c1ccc(Oc2ccc([N+](=O)[O-])cc2[N+](=O)[O-])c(Br)c1)c1cccc(Cl)c1. The molecule has 0 aromatic heterocycles. The number of rotatable bonds is 7. The summed E-state index contributed by atoms with van der Waals surface area (Å²) in [6.07, 6.45) is 1.39. The number of hydrogen-bond acceptors (Lipinski definition) is 7. The fraction of sp³-hybridized carbons (Fsp3) is 0. The van der Waals surface area contributed by atoms with Crippen molar-refractivity contribution in [3.05, 3.63) is 102 Å². The fourth-order valence-electron chi connectivity index (χ4n) is 2.51. The molecule has 32 heavy (non-hydrogen) atoms. The molecule has 1 N–H and O–H groups in total. The average molecular weight is 520 g/mol. The summed E-state index contributed by atoms with van der Waals surface area (Å²) in [5, 5.41) is 26.4. The standard InChI is InChI=1S/C20H12BrClN4O6/c21-16-8-12(11-23-24-20(27)13-2-1-3-14(22)9-13)4-6-18(16)32-19-7-5-15(25(28)29)10-17(19)26(30)31/h1-11H,(H,24,27)/b23-11-. The molecule has 3 aromatic carbocycles. The summed E-state index contributed by atoms with van der Waals surface area (Å²) >= 11 is 9.16. The van der Waals surface area contributed by atoms with Crippen LogP contribution in [0.1, 0.15) is 15.9 Å². The Balaban J connectivity index is 1.73. The van der Waals surface area contributed by atoms with Gasteiger partial charge in [-0.2, -0.15) is 5.10 Å². The quantitative estimate of drug-likeness (QED) is 0.249. The Morgan fingerprint density at radius 2 is 1.78 bits per heavy atom. The highest BCUT2D eigenvalue weighted by Crippen LogP contribution is 2.37. The lowest BCUT2D eigenvalue weighted by molar-refractivity contribution is -0.394. The highest BCUT2D eigenvalue weighted by atomic mass is 79.9. The van der Waals surface area contributed by atoms with Crippen LogP contribution in [0.4, 0.5) is 11.4 Å². The van der Waals surface area contributed by atoms with Gasteiger partial charge in [0.05, 0.1) is 26.6 Å². The molecule has 12 heteroatoms. The van der Waals surface area contributed by atoms with Gasteiger partial charge in [0.1, 0.15) is 5.75 Å². The molecule has 1 amide bonds. The first-order chi connectivity index (χ1) is 15.2. The van der Waals surface area contributed by atoms with E-state index in [1.807, 2.05) is 0 Å². The summed E-state index contributed by atoms with van der Waals surface area (Å²) in [6, 6.07) is 14.2. The van der Waals surface area contributed by atoms with E-state index in [2.05, 4.69) is 26.5 Å². The van der Waals surface area contributed by atoms with Crippen LogP contribution in [0.25, 0.3) is 0 Å². The number of benzene rings is 3. The van der Waals surface area contributed by atoms with Crippen molar-refractivity contribution in [2.45, 2.75) is 0 Å². The zero-order chi connectivity index (χ0) is 23.3. The zero-order valence-electron chi connectivity index (χ0n) is 15.9. The molecule has 3 aromatic rings. The Labute approximate surface area is 193 Å². The van der Waals surface area contributed by atoms with Gasteiger partial charge in [-0.05, 0) is 64.0 Å². The molecule has 10 nitrogen and oxygen atoms in total. The first kappa shape index (κ1) is 22.8. The Kier molecular flexibility index (Phi) is 7.13. The first-order valence-electron chi connectivity index (χ1n) is 8.74. The summed E-state index contributed by atoms with van der Waals surface area (Å²) in [5.74, 6) is -0.355. The number of non-ortho nitro benzene ring substituents is 1. The summed E-state index contributed by atoms with van der Waals surface area (Å²) in [5.41, 5.74) is 2.36. The number of nitrogens with one attached hydrogen (secondary N) is 1. The molecule has 0 heterocycles. The molecule has 0 atom stereocenters. The first-order valence-corrected chi connectivity index (χ1v) is 9.91. The van der Waals surface area contributed by atoms with Gasteiger partial charge in [-0.1, -0.05) is 17.7 Å². The monoisotopic (exact) mass is 518 g/mol. The van der Waals surface area contributed by atoms with Crippen molar-refractivity contribution in [3.63, 3.8) is 0 Å². The van der Waals surface area contributed by atoms with Gasteiger partial charge in [-0.25, -0.2) is 5.43 Å². The van der Waals surface area contributed by atoms with Crippen molar-refractivity contribution in [2.75, 3.05) is 0 Å². The van der Waals surface area contributed by atoms with Gasteiger partial charge >= 0.3 is 5.69 Å². The predicted octanol–water partition coefficient (Wildman–Crippen LogP) is 5.48. The molecule has 0 aliphatic heterocycles. The van der Waals surface area contributed by atoms with E-state index in [4.69, 9.17) is 16.3 Å². The smallest absolute Gasteiger partial charge is 0.318 e. The minimum absolute atomic E-state index is 0.156. The zero-order valence-corrected chi connectivity index (χ0v) is 18.2. The number of carbonyl (C=O) groups excluding carboxylic acids is 1. The minimum Gasteiger partial charge on any atom is -0.449 e. The maximum atomic E-state index is 12.1. The van der Waals surface area contributed by atoms with Crippen molar-refractivity contribution >= 4 is 51.0 Å². The predicted molar refractivity (Wildman–Crippen MR) is 120 cm³/mol. The number of halogens is 2. The maximum absolute atomic E-state index is 12.1. The van der Waals surface area contributed by atoms with Crippen LogP contribution in [-0.2, 0) is 0 Å². The number of hydrazone groups is 1. The van der Waals surface area contributed by atoms with Crippen LogP contribution in [0.15, 0.2) is 70.2 Å². The lowest BCUT2D eigenvalue weighted by Gasteiger charge is -2.08. The number of ether oxygens (including phenoxy) is 1. The van der Waals surface area contributed by atoms with E-state index in [-0.39, 0.29) is 11.5 Å². The van der Waals surface area contributed by atoms with E-state index in [9.17, 15) is 25.0 Å². The maximum Gasteiger partial charge on any atom is 0.318 e. The number of carbonyl (C=O) groups is 1. The van der Waals surface area contributed by atoms with Crippen molar-refractivity contribution in [1.29, 1.82) is 0 Å². The third-order valence-electron chi connectivity index (χ3n) is 3.99. The van der Waals surface area contributed by atoms with Gasteiger partial charge in [0.25, 0.3) is 11.6 Å². The van der Waals surface area contributed by atoms with Crippen LogP contribution in [0.3, 0.4) is 0 Å². The molecule has 0 fully saturated rings. The van der Waals surface area contributed by atoms with Crippen molar-refractivity contribution in [2.24, 2.45) is 5.10 Å². The van der Waals surface area contributed by atoms with Crippen LogP contribution < -0.4 is 10.2 Å². The van der Waals surface area contributed by atoms with E-state index < -0.39 is 27.1 Å². The molecule has 0 saturated carbocycles. The summed E-state index contributed by atoms with van der Waals surface area (Å²) in [4.78, 5) is 32.7. The van der Waals surface area contributed by atoms with Gasteiger partial charge in [0.2, 0.25) is 5.75 Å². The van der Waals surface area contributed by atoms with Gasteiger partial charge in [0, 0.05) is 16.7 Å². The number of nitrogens with zero attached hydrogens (tertiary/aromatic N) is 3. The molecule has 0 aliphatic rings. The van der Waals surface area contributed by atoms with E-state index >= 15 is 0 Å². The Bertz CT molecular complexity index is 1250. The number of amides is 1. The van der Waals surface area contributed by atoms with Gasteiger partial charge < -0.3 is 4.74 Å². The van der Waals surface area contributed by atoms with Gasteiger partial charge in [-0.3, -0.25) is 25.0 Å². The normalized spacial score (nSPS) is 10.7. The van der Waals surface area contributed by atoms with Crippen molar-refractivity contribution in [1.82, 2.24) is 5.43 Å². The average Bonchev–Trinajstić information content (AvgIpc) is 2.75. The van der Waals surface area contributed by atoms with E-state index in [1.165, 1.54) is 18.3 Å². The topological polar surface area (TPSA) is 137 Å². The second kappa shape index (κ2) is 9.98.